The Balaban J connectivity index is 1.63. The average molecular weight is 348 g/mol. The van der Waals surface area contributed by atoms with E-state index in [4.69, 9.17) is 16.0 Å². The summed E-state index contributed by atoms with van der Waals surface area (Å²) in [6, 6.07) is 12.3. The summed E-state index contributed by atoms with van der Waals surface area (Å²) in [4.78, 5) is 13.5. The van der Waals surface area contributed by atoms with E-state index in [0.717, 1.165) is 30.5 Å². The lowest BCUT2D eigenvalue weighted by Crippen LogP contribution is -3.11. The van der Waals surface area contributed by atoms with Crippen molar-refractivity contribution in [3.8, 4) is 0 Å². The number of rotatable bonds is 5. The highest BCUT2D eigenvalue weighted by Gasteiger charge is 2.34. The lowest BCUT2D eigenvalue weighted by molar-refractivity contribution is -0.947. The van der Waals surface area contributed by atoms with Crippen LogP contribution in [-0.4, -0.2) is 10.6 Å². The van der Waals surface area contributed by atoms with E-state index in [-0.39, 0.29) is 11.6 Å². The second-order valence-corrected chi connectivity index (χ2v) is 6.74. The Bertz CT molecular complexity index is 928. The van der Waals surface area contributed by atoms with Gasteiger partial charge in [-0.25, -0.2) is 13.8 Å². The van der Waals surface area contributed by atoms with Crippen molar-refractivity contribution in [2.24, 2.45) is 0 Å². The first kappa shape index (κ1) is 15.4. The first-order valence-corrected chi connectivity index (χ1v) is 8.36. The van der Waals surface area contributed by atoms with Crippen LogP contribution in [0.4, 0.5) is 4.39 Å². The topological polar surface area (TPSA) is 39.6 Å². The molecule has 3 aromatic rings. The maximum atomic E-state index is 13.1. The van der Waals surface area contributed by atoms with E-state index in [1.165, 1.54) is 17.0 Å². The molecule has 6 heteroatoms. The summed E-state index contributed by atoms with van der Waals surface area (Å²) in [6.07, 6.45) is 2.29. The Hall–Kier alpha value is -2.11. The van der Waals surface area contributed by atoms with Gasteiger partial charge in [0.05, 0.1) is 11.6 Å². The molecule has 1 aromatic heterocycles. The molecule has 4 rings (SSSR count). The molecule has 1 heterocycles. The Morgan fingerprint density at radius 3 is 2.67 bits per heavy atom. The minimum Gasteiger partial charge on any atom is -0.408 e. The largest absolute Gasteiger partial charge is 0.424 e. The number of hydrogen-bond donors (Lipinski definition) is 1. The maximum absolute atomic E-state index is 13.1. The fraction of sp³-hybridized carbons (Fsp3) is 0.278. The van der Waals surface area contributed by atoms with Gasteiger partial charge in [-0.1, -0.05) is 23.7 Å². The van der Waals surface area contributed by atoms with Crippen LogP contribution in [0.3, 0.4) is 0 Å². The van der Waals surface area contributed by atoms with Crippen molar-refractivity contribution in [2.75, 3.05) is 0 Å². The second kappa shape index (κ2) is 6.07. The van der Waals surface area contributed by atoms with Crippen molar-refractivity contribution < 1.29 is 13.7 Å². The lowest BCUT2D eigenvalue weighted by Gasteiger charge is -2.19. The number of nitrogens with zero attached hydrogens (tertiary/aromatic N) is 1. The Kier molecular flexibility index (Phi) is 3.90. The molecule has 0 spiro atoms. The Morgan fingerprint density at radius 1 is 1.21 bits per heavy atom. The summed E-state index contributed by atoms with van der Waals surface area (Å²) in [5.41, 5.74) is 2.31. The van der Waals surface area contributed by atoms with Crippen LogP contribution in [0, 0.1) is 5.82 Å². The number of aromatic nitrogens is 1. The van der Waals surface area contributed by atoms with Crippen LogP contribution in [-0.2, 0) is 13.2 Å². The molecule has 0 aliphatic heterocycles. The standard InChI is InChI=1S/C18H16ClFN2O2/c19-13-3-8-16-17(9-13)24-18(23)22(16)11-21(15-6-7-15)10-12-1-4-14(20)5-2-12/h1-5,8-9,15H,6-7,10-11H2/p+1. The summed E-state index contributed by atoms with van der Waals surface area (Å²) < 4.78 is 20.0. The molecular weight excluding hydrogens is 331 g/mol. The van der Waals surface area contributed by atoms with Crippen LogP contribution >= 0.6 is 11.6 Å². The Morgan fingerprint density at radius 2 is 1.96 bits per heavy atom. The molecule has 0 radical (unpaired) electrons. The minimum atomic E-state index is -0.371. The summed E-state index contributed by atoms with van der Waals surface area (Å²) >= 11 is 5.96. The monoisotopic (exact) mass is 347 g/mol. The van der Waals surface area contributed by atoms with Gasteiger partial charge in [0, 0.05) is 29.5 Å². The van der Waals surface area contributed by atoms with Crippen molar-refractivity contribution in [2.45, 2.75) is 32.1 Å². The molecule has 1 unspecified atom stereocenters. The predicted molar refractivity (Wildman–Crippen MR) is 89.6 cm³/mol. The molecular formula is C18H17ClFN2O2+. The van der Waals surface area contributed by atoms with Crippen molar-refractivity contribution >= 4 is 22.7 Å². The van der Waals surface area contributed by atoms with Crippen molar-refractivity contribution in [3.63, 3.8) is 0 Å². The first-order valence-electron chi connectivity index (χ1n) is 7.98. The van der Waals surface area contributed by atoms with E-state index in [1.54, 1.807) is 28.8 Å². The number of hydrogen-bond acceptors (Lipinski definition) is 2. The van der Waals surface area contributed by atoms with Gasteiger partial charge >= 0.3 is 5.76 Å². The van der Waals surface area contributed by atoms with Gasteiger partial charge in [-0.2, -0.15) is 0 Å². The molecule has 1 saturated carbocycles. The minimum absolute atomic E-state index is 0.236. The van der Waals surface area contributed by atoms with Gasteiger partial charge in [0.25, 0.3) is 0 Å². The molecule has 4 nitrogen and oxygen atoms in total. The lowest BCUT2D eigenvalue weighted by atomic mass is 10.2. The fourth-order valence-electron chi connectivity index (χ4n) is 3.08. The summed E-state index contributed by atoms with van der Waals surface area (Å²) in [6.45, 7) is 1.27. The molecule has 1 N–H and O–H groups in total. The number of fused-ring (bicyclic) bond motifs is 1. The van der Waals surface area contributed by atoms with Gasteiger partial charge in [0.1, 0.15) is 12.4 Å². The third-order valence-corrected chi connectivity index (χ3v) is 4.73. The van der Waals surface area contributed by atoms with Gasteiger partial charge < -0.3 is 9.32 Å². The third kappa shape index (κ3) is 3.09. The third-order valence-electron chi connectivity index (χ3n) is 4.49. The SMILES string of the molecule is O=c1oc2cc(Cl)ccc2n1C[NH+](Cc1ccc(F)cc1)C1CC1. The summed E-state index contributed by atoms with van der Waals surface area (Å²) in [5.74, 6) is -0.606. The highest BCUT2D eigenvalue weighted by molar-refractivity contribution is 6.31. The zero-order valence-electron chi connectivity index (χ0n) is 13.0. The number of halogens is 2. The Labute approximate surface area is 143 Å². The quantitative estimate of drug-likeness (QED) is 0.770. The molecule has 0 saturated heterocycles. The predicted octanol–water partition coefficient (Wildman–Crippen LogP) is 2.59. The molecule has 24 heavy (non-hydrogen) atoms. The van der Waals surface area contributed by atoms with Crippen molar-refractivity contribution in [3.05, 3.63) is 69.4 Å². The molecule has 2 aromatic carbocycles. The molecule has 0 bridgehead atoms. The van der Waals surface area contributed by atoms with Crippen molar-refractivity contribution in [1.82, 2.24) is 4.57 Å². The second-order valence-electron chi connectivity index (χ2n) is 6.30. The van der Waals surface area contributed by atoms with E-state index >= 15 is 0 Å². The van der Waals surface area contributed by atoms with Crippen molar-refractivity contribution in [1.29, 1.82) is 0 Å². The average Bonchev–Trinajstić information content (AvgIpc) is 3.35. The van der Waals surface area contributed by atoms with Gasteiger partial charge in [0.15, 0.2) is 12.3 Å². The van der Waals surface area contributed by atoms with E-state index in [1.807, 2.05) is 6.07 Å². The van der Waals surface area contributed by atoms with Crippen LogP contribution in [0.1, 0.15) is 18.4 Å². The molecule has 1 aliphatic rings. The van der Waals surface area contributed by atoms with Crippen LogP contribution in [0.2, 0.25) is 5.02 Å². The maximum Gasteiger partial charge on any atom is 0.424 e. The molecule has 124 valence electrons. The van der Waals surface area contributed by atoms with Crippen LogP contribution in [0.25, 0.3) is 11.1 Å². The van der Waals surface area contributed by atoms with E-state index in [2.05, 4.69) is 0 Å². The molecule has 1 fully saturated rings. The van der Waals surface area contributed by atoms with Crippen LogP contribution in [0.15, 0.2) is 51.7 Å². The molecule has 0 amide bonds. The van der Waals surface area contributed by atoms with Gasteiger partial charge in [0.2, 0.25) is 0 Å². The van der Waals surface area contributed by atoms with Gasteiger partial charge in [-0.3, -0.25) is 0 Å². The van der Waals surface area contributed by atoms with Crippen LogP contribution in [0.5, 0.6) is 0 Å². The van der Waals surface area contributed by atoms with Gasteiger partial charge in [-0.15, -0.1) is 0 Å². The highest BCUT2D eigenvalue weighted by atomic mass is 35.5. The molecule has 1 atom stereocenters. The number of nitrogens with one attached hydrogen (secondary N) is 1. The van der Waals surface area contributed by atoms with E-state index < -0.39 is 0 Å². The van der Waals surface area contributed by atoms with E-state index in [9.17, 15) is 9.18 Å². The first-order chi connectivity index (χ1) is 11.6. The number of oxazole rings is 1. The summed E-state index contributed by atoms with van der Waals surface area (Å²) in [5, 5.41) is 0.543. The number of quaternary nitrogens is 1. The van der Waals surface area contributed by atoms with E-state index in [0.29, 0.717) is 23.3 Å². The summed E-state index contributed by atoms with van der Waals surface area (Å²) in [7, 11) is 0. The normalized spacial score (nSPS) is 15.8. The zero-order chi connectivity index (χ0) is 16.7. The fourth-order valence-corrected chi connectivity index (χ4v) is 3.24. The zero-order valence-corrected chi connectivity index (χ0v) is 13.7. The number of benzene rings is 2. The highest BCUT2D eigenvalue weighted by Crippen LogP contribution is 2.19. The molecule has 1 aliphatic carbocycles. The van der Waals surface area contributed by atoms with Gasteiger partial charge in [-0.05, 0) is 24.3 Å². The smallest absolute Gasteiger partial charge is 0.408 e. The van der Waals surface area contributed by atoms with Crippen LogP contribution < -0.4 is 10.7 Å².